The highest BCUT2D eigenvalue weighted by molar-refractivity contribution is 7.89. The fourth-order valence-corrected chi connectivity index (χ4v) is 4.17. The van der Waals surface area contributed by atoms with Crippen molar-refractivity contribution < 1.29 is 8.42 Å². The van der Waals surface area contributed by atoms with Gasteiger partial charge in [0.25, 0.3) is 0 Å². The zero-order valence-electron chi connectivity index (χ0n) is 11.5. The van der Waals surface area contributed by atoms with E-state index in [4.69, 9.17) is 5.73 Å². The highest BCUT2D eigenvalue weighted by atomic mass is 32.2. The monoisotopic (exact) mass is 310 g/mol. The second-order valence-electron chi connectivity index (χ2n) is 4.71. The van der Waals surface area contributed by atoms with E-state index >= 15 is 0 Å². The van der Waals surface area contributed by atoms with Gasteiger partial charge in [0.1, 0.15) is 4.90 Å². The maximum Gasteiger partial charge on any atom is 0.242 e. The second-order valence-corrected chi connectivity index (χ2v) is 7.19. The van der Waals surface area contributed by atoms with Crippen LogP contribution in [-0.2, 0) is 16.4 Å². The molecule has 0 spiro atoms. The molecule has 0 aliphatic rings. The molecule has 4 nitrogen and oxygen atoms in total. The number of benzene rings is 1. The van der Waals surface area contributed by atoms with E-state index in [2.05, 4.69) is 4.72 Å². The molecule has 0 atom stereocenters. The molecule has 0 radical (unpaired) electrons. The van der Waals surface area contributed by atoms with Crippen molar-refractivity contribution in [2.45, 2.75) is 25.2 Å². The molecule has 108 valence electrons. The van der Waals surface area contributed by atoms with Gasteiger partial charge in [-0.1, -0.05) is 6.07 Å². The molecule has 6 heteroatoms. The van der Waals surface area contributed by atoms with Crippen LogP contribution in [0.15, 0.2) is 33.9 Å². The van der Waals surface area contributed by atoms with Gasteiger partial charge in [0.05, 0.1) is 5.69 Å². The Labute approximate surface area is 123 Å². The number of nitrogens with one attached hydrogen (secondary N) is 1. The van der Waals surface area contributed by atoms with E-state index in [1.807, 2.05) is 29.8 Å². The van der Waals surface area contributed by atoms with Gasteiger partial charge in [0, 0.05) is 6.54 Å². The van der Waals surface area contributed by atoms with E-state index in [-0.39, 0.29) is 10.6 Å². The van der Waals surface area contributed by atoms with Crippen LogP contribution >= 0.6 is 11.3 Å². The summed E-state index contributed by atoms with van der Waals surface area (Å²) in [4.78, 5) is 0.197. The van der Waals surface area contributed by atoms with E-state index in [0.717, 1.165) is 11.1 Å². The van der Waals surface area contributed by atoms with Crippen molar-refractivity contribution >= 4 is 27.0 Å². The lowest BCUT2D eigenvalue weighted by molar-refractivity contribution is 0.581. The maximum absolute atomic E-state index is 12.4. The number of hydrogen-bond donors (Lipinski definition) is 2. The lowest BCUT2D eigenvalue weighted by atomic mass is 10.1. The molecule has 1 heterocycles. The first kappa shape index (κ1) is 15.0. The largest absolute Gasteiger partial charge is 0.398 e. The SMILES string of the molecule is Cc1ccc(N)c(S(=O)(=O)NCCc2ccsc2)c1C. The third kappa shape index (κ3) is 3.20. The van der Waals surface area contributed by atoms with Crippen LogP contribution in [0.2, 0.25) is 0 Å². The lowest BCUT2D eigenvalue weighted by Crippen LogP contribution is -2.27. The van der Waals surface area contributed by atoms with Crippen molar-refractivity contribution in [2.75, 3.05) is 12.3 Å². The molecule has 1 aromatic carbocycles. The lowest BCUT2D eigenvalue weighted by Gasteiger charge is -2.13. The number of hydrogen-bond acceptors (Lipinski definition) is 4. The van der Waals surface area contributed by atoms with Crippen LogP contribution < -0.4 is 10.5 Å². The van der Waals surface area contributed by atoms with E-state index in [1.54, 1.807) is 24.3 Å². The molecule has 0 saturated carbocycles. The number of aryl methyl sites for hydroxylation is 1. The van der Waals surface area contributed by atoms with Gasteiger partial charge >= 0.3 is 0 Å². The zero-order valence-corrected chi connectivity index (χ0v) is 13.1. The highest BCUT2D eigenvalue weighted by Gasteiger charge is 2.20. The van der Waals surface area contributed by atoms with E-state index in [9.17, 15) is 8.42 Å². The Bertz CT molecular complexity index is 692. The van der Waals surface area contributed by atoms with Gasteiger partial charge in [-0.05, 0) is 59.9 Å². The van der Waals surface area contributed by atoms with Crippen molar-refractivity contribution in [1.82, 2.24) is 4.72 Å². The third-order valence-electron chi connectivity index (χ3n) is 3.26. The quantitative estimate of drug-likeness (QED) is 0.833. The predicted molar refractivity (Wildman–Crippen MR) is 83.5 cm³/mol. The average molecular weight is 310 g/mol. The van der Waals surface area contributed by atoms with Gasteiger partial charge in [-0.15, -0.1) is 0 Å². The fraction of sp³-hybridized carbons (Fsp3) is 0.286. The molecule has 0 aliphatic heterocycles. The predicted octanol–water partition coefficient (Wildman–Crippen LogP) is 2.47. The Morgan fingerprint density at radius 3 is 2.65 bits per heavy atom. The average Bonchev–Trinajstić information content (AvgIpc) is 2.87. The van der Waals surface area contributed by atoms with Crippen molar-refractivity contribution in [1.29, 1.82) is 0 Å². The number of sulfonamides is 1. The molecular weight excluding hydrogens is 292 g/mol. The highest BCUT2D eigenvalue weighted by Crippen LogP contribution is 2.25. The normalized spacial score (nSPS) is 11.7. The Morgan fingerprint density at radius 1 is 1.25 bits per heavy atom. The van der Waals surface area contributed by atoms with Gasteiger partial charge in [-0.3, -0.25) is 0 Å². The Hall–Kier alpha value is -1.37. The zero-order chi connectivity index (χ0) is 14.8. The van der Waals surface area contributed by atoms with Gasteiger partial charge in [0.2, 0.25) is 10.0 Å². The first-order valence-corrected chi connectivity index (χ1v) is 8.71. The van der Waals surface area contributed by atoms with Crippen molar-refractivity contribution in [3.63, 3.8) is 0 Å². The van der Waals surface area contributed by atoms with Gasteiger partial charge < -0.3 is 5.73 Å². The van der Waals surface area contributed by atoms with Crippen LogP contribution in [0.3, 0.4) is 0 Å². The molecule has 0 amide bonds. The topological polar surface area (TPSA) is 72.2 Å². The van der Waals surface area contributed by atoms with E-state index in [1.165, 1.54) is 0 Å². The van der Waals surface area contributed by atoms with Crippen molar-refractivity contribution in [3.8, 4) is 0 Å². The van der Waals surface area contributed by atoms with Crippen LogP contribution in [0.25, 0.3) is 0 Å². The van der Waals surface area contributed by atoms with E-state index in [0.29, 0.717) is 18.5 Å². The van der Waals surface area contributed by atoms with Crippen molar-refractivity contribution in [2.24, 2.45) is 0 Å². The maximum atomic E-state index is 12.4. The molecule has 0 bridgehead atoms. The van der Waals surface area contributed by atoms with Gasteiger partial charge in [0.15, 0.2) is 0 Å². The molecule has 2 rings (SSSR count). The number of anilines is 1. The standard InChI is InChI=1S/C14H18N2O2S2/c1-10-3-4-13(15)14(11(10)2)20(17,18)16-7-5-12-6-8-19-9-12/h3-4,6,8-9,16H,5,7,15H2,1-2H3. The smallest absolute Gasteiger partial charge is 0.242 e. The fourth-order valence-electron chi connectivity index (χ4n) is 2.00. The molecule has 3 N–H and O–H groups in total. The summed E-state index contributed by atoms with van der Waals surface area (Å²) in [6, 6.07) is 5.45. The summed E-state index contributed by atoms with van der Waals surface area (Å²) < 4.78 is 27.4. The van der Waals surface area contributed by atoms with Crippen molar-refractivity contribution in [3.05, 3.63) is 45.6 Å². The molecule has 0 fully saturated rings. The van der Waals surface area contributed by atoms with Gasteiger partial charge in [-0.25, -0.2) is 13.1 Å². The summed E-state index contributed by atoms with van der Waals surface area (Å²) in [5.74, 6) is 0. The minimum absolute atomic E-state index is 0.197. The summed E-state index contributed by atoms with van der Waals surface area (Å²) in [6.07, 6.45) is 0.674. The summed E-state index contributed by atoms with van der Waals surface area (Å²) in [5, 5.41) is 3.99. The molecule has 1 aromatic heterocycles. The number of nitrogens with two attached hydrogens (primary N) is 1. The Morgan fingerprint density at radius 2 is 2.00 bits per heavy atom. The van der Waals surface area contributed by atoms with Gasteiger partial charge in [-0.2, -0.15) is 11.3 Å². The molecule has 20 heavy (non-hydrogen) atoms. The number of thiophene rings is 1. The summed E-state index contributed by atoms with van der Waals surface area (Å²) in [6.45, 7) is 4.02. The minimum atomic E-state index is -3.57. The van der Waals surface area contributed by atoms with Crippen LogP contribution in [0.1, 0.15) is 16.7 Å². The van der Waals surface area contributed by atoms with Crippen LogP contribution in [0, 0.1) is 13.8 Å². The molecule has 2 aromatic rings. The second kappa shape index (κ2) is 5.95. The number of rotatable bonds is 5. The van der Waals surface area contributed by atoms with Crippen LogP contribution in [-0.4, -0.2) is 15.0 Å². The summed E-state index contributed by atoms with van der Waals surface area (Å²) in [7, 11) is -3.57. The summed E-state index contributed by atoms with van der Waals surface area (Å²) >= 11 is 1.60. The van der Waals surface area contributed by atoms with Crippen LogP contribution in [0.4, 0.5) is 5.69 Å². The Kier molecular flexibility index (Phi) is 4.47. The third-order valence-corrected chi connectivity index (χ3v) is 5.66. The van der Waals surface area contributed by atoms with E-state index < -0.39 is 10.0 Å². The molecular formula is C14H18N2O2S2. The first-order chi connectivity index (χ1) is 9.42. The number of nitrogen functional groups attached to an aromatic ring is 1. The first-order valence-electron chi connectivity index (χ1n) is 6.28. The summed E-state index contributed by atoms with van der Waals surface area (Å²) in [5.41, 5.74) is 8.86. The Balaban J connectivity index is 2.16. The van der Waals surface area contributed by atoms with Crippen LogP contribution in [0.5, 0.6) is 0 Å². The molecule has 0 aliphatic carbocycles. The molecule has 0 unspecified atom stereocenters. The minimum Gasteiger partial charge on any atom is -0.398 e. The molecule has 0 saturated heterocycles.